The van der Waals surface area contributed by atoms with E-state index >= 15 is 0 Å². The van der Waals surface area contributed by atoms with E-state index in [4.69, 9.17) is 4.98 Å². The summed E-state index contributed by atoms with van der Waals surface area (Å²) in [5.74, 6) is 0.408. The molecule has 4 aromatic rings. The van der Waals surface area contributed by atoms with Crippen molar-refractivity contribution in [3.8, 4) is 11.5 Å². The smallest absolute Gasteiger partial charge is 0.256 e. The summed E-state index contributed by atoms with van der Waals surface area (Å²) in [5.41, 5.74) is 2.67. The lowest BCUT2D eigenvalue weighted by atomic mass is 9.93. The number of amides is 1. The van der Waals surface area contributed by atoms with Crippen LogP contribution < -0.4 is 0 Å². The van der Waals surface area contributed by atoms with Crippen LogP contribution in [0, 0.1) is 11.7 Å². The van der Waals surface area contributed by atoms with Crippen molar-refractivity contribution < 1.29 is 9.18 Å². The number of likely N-dealkylation sites (tertiary alicyclic amines) is 1. The summed E-state index contributed by atoms with van der Waals surface area (Å²) in [6.07, 6.45) is 12.0. The van der Waals surface area contributed by atoms with Crippen molar-refractivity contribution in [3.05, 3.63) is 72.6 Å². The third-order valence-corrected chi connectivity index (χ3v) is 5.52. The Balaban J connectivity index is 1.33. The number of pyridine rings is 1. The molecule has 5 heterocycles. The maximum atomic E-state index is 13.7. The highest BCUT2D eigenvalue weighted by molar-refractivity contribution is 5.93. The average Bonchev–Trinajstić information content (AvgIpc) is 3.22. The molecule has 0 aromatic carbocycles. The number of nitrogens with zero attached hydrogens (tertiary/aromatic N) is 7. The summed E-state index contributed by atoms with van der Waals surface area (Å²) in [7, 11) is 0. The third kappa shape index (κ3) is 3.98. The van der Waals surface area contributed by atoms with Gasteiger partial charge in [0.1, 0.15) is 23.5 Å². The monoisotopic (exact) mass is 417 g/mol. The van der Waals surface area contributed by atoms with Crippen LogP contribution in [-0.4, -0.2) is 53.2 Å². The van der Waals surface area contributed by atoms with E-state index in [1.165, 1.54) is 18.6 Å². The fourth-order valence-corrected chi connectivity index (χ4v) is 4.06. The summed E-state index contributed by atoms with van der Waals surface area (Å²) in [6.45, 7) is 1.39. The molecule has 0 spiro atoms. The standard InChI is InChI=1S/C22H20FN7O/c23-17-3-4-20-27-11-19(30(20)13-17)21-26-6-5-18(28-21)8-15-2-1-7-29(12-15)22(31)16-9-24-14-25-10-16/h3-6,9-11,13-15H,1-2,7-8,12H2/t15-/m0/s1. The first-order valence-corrected chi connectivity index (χ1v) is 10.2. The average molecular weight is 417 g/mol. The number of carbonyl (C=O) groups excluding carboxylic acids is 1. The minimum Gasteiger partial charge on any atom is -0.338 e. The second-order valence-electron chi connectivity index (χ2n) is 7.68. The Hall–Kier alpha value is -3.75. The van der Waals surface area contributed by atoms with Gasteiger partial charge in [-0.05, 0) is 43.4 Å². The van der Waals surface area contributed by atoms with E-state index < -0.39 is 0 Å². The van der Waals surface area contributed by atoms with Gasteiger partial charge in [0.25, 0.3) is 5.91 Å². The van der Waals surface area contributed by atoms with E-state index in [1.54, 1.807) is 35.3 Å². The Morgan fingerprint density at radius 1 is 1.13 bits per heavy atom. The second kappa shape index (κ2) is 8.17. The number of hydrogen-bond acceptors (Lipinski definition) is 6. The molecule has 31 heavy (non-hydrogen) atoms. The van der Waals surface area contributed by atoms with E-state index in [9.17, 15) is 9.18 Å². The van der Waals surface area contributed by atoms with Gasteiger partial charge in [-0.2, -0.15) is 0 Å². The molecule has 1 aliphatic heterocycles. The fourth-order valence-electron chi connectivity index (χ4n) is 4.06. The van der Waals surface area contributed by atoms with Crippen LogP contribution in [0.3, 0.4) is 0 Å². The molecular weight excluding hydrogens is 397 g/mol. The largest absolute Gasteiger partial charge is 0.338 e. The number of carbonyl (C=O) groups is 1. The quantitative estimate of drug-likeness (QED) is 0.507. The van der Waals surface area contributed by atoms with Gasteiger partial charge < -0.3 is 4.90 Å². The topological polar surface area (TPSA) is 89.2 Å². The van der Waals surface area contributed by atoms with Gasteiger partial charge in [0.2, 0.25) is 0 Å². The molecule has 156 valence electrons. The number of hydrogen-bond donors (Lipinski definition) is 0. The van der Waals surface area contributed by atoms with Crippen LogP contribution in [0.2, 0.25) is 0 Å². The van der Waals surface area contributed by atoms with Crippen LogP contribution in [0.5, 0.6) is 0 Å². The molecule has 9 heteroatoms. The van der Waals surface area contributed by atoms with Crippen molar-refractivity contribution in [2.75, 3.05) is 13.1 Å². The fraction of sp³-hybridized carbons (Fsp3) is 0.273. The molecule has 1 fully saturated rings. The molecule has 1 atom stereocenters. The zero-order valence-corrected chi connectivity index (χ0v) is 16.7. The highest BCUT2D eigenvalue weighted by atomic mass is 19.1. The zero-order valence-electron chi connectivity index (χ0n) is 16.7. The van der Waals surface area contributed by atoms with E-state index in [-0.39, 0.29) is 11.7 Å². The molecule has 1 amide bonds. The van der Waals surface area contributed by atoms with Gasteiger partial charge in [0.05, 0.1) is 11.8 Å². The Bertz CT molecular complexity index is 1230. The van der Waals surface area contributed by atoms with Crippen LogP contribution in [-0.2, 0) is 6.42 Å². The SMILES string of the molecule is O=C(c1cncnc1)N1CCC[C@@H](Cc2ccnc(-c3cnc4ccc(F)cn34)n2)C1. The number of halogens is 1. The van der Waals surface area contributed by atoms with Crippen molar-refractivity contribution in [2.45, 2.75) is 19.3 Å². The summed E-state index contributed by atoms with van der Waals surface area (Å²) < 4.78 is 15.3. The minimum absolute atomic E-state index is 0.0403. The molecule has 0 saturated carbocycles. The van der Waals surface area contributed by atoms with Crippen LogP contribution in [0.4, 0.5) is 4.39 Å². The Kier molecular flexibility index (Phi) is 5.07. The summed E-state index contributed by atoms with van der Waals surface area (Å²) in [5, 5.41) is 0. The van der Waals surface area contributed by atoms with Crippen molar-refractivity contribution in [2.24, 2.45) is 5.92 Å². The minimum atomic E-state index is -0.348. The molecule has 1 aliphatic rings. The first-order chi connectivity index (χ1) is 15.2. The molecule has 4 aromatic heterocycles. The first-order valence-electron chi connectivity index (χ1n) is 10.2. The van der Waals surface area contributed by atoms with Crippen molar-refractivity contribution in [3.63, 3.8) is 0 Å². The van der Waals surface area contributed by atoms with Gasteiger partial charge in [0.15, 0.2) is 5.82 Å². The Morgan fingerprint density at radius 2 is 2.00 bits per heavy atom. The molecule has 5 rings (SSSR count). The zero-order chi connectivity index (χ0) is 21.2. The van der Waals surface area contributed by atoms with E-state index in [2.05, 4.69) is 19.9 Å². The van der Waals surface area contributed by atoms with E-state index in [1.807, 2.05) is 11.0 Å². The lowest BCUT2D eigenvalue weighted by Crippen LogP contribution is -2.40. The molecule has 0 radical (unpaired) electrons. The number of fused-ring (bicyclic) bond motifs is 1. The van der Waals surface area contributed by atoms with Gasteiger partial charge in [-0.3, -0.25) is 9.20 Å². The van der Waals surface area contributed by atoms with E-state index in [0.29, 0.717) is 35.2 Å². The van der Waals surface area contributed by atoms with Crippen molar-refractivity contribution in [1.29, 1.82) is 0 Å². The summed E-state index contributed by atoms with van der Waals surface area (Å²) >= 11 is 0. The van der Waals surface area contributed by atoms with Crippen molar-refractivity contribution >= 4 is 11.6 Å². The summed E-state index contributed by atoms with van der Waals surface area (Å²) in [6, 6.07) is 4.88. The van der Waals surface area contributed by atoms with Crippen molar-refractivity contribution in [1.82, 2.24) is 34.2 Å². The van der Waals surface area contributed by atoms with Gasteiger partial charge in [-0.1, -0.05) is 0 Å². The highest BCUT2D eigenvalue weighted by Crippen LogP contribution is 2.23. The van der Waals surface area contributed by atoms with Gasteiger partial charge in [-0.15, -0.1) is 0 Å². The Morgan fingerprint density at radius 3 is 2.87 bits per heavy atom. The van der Waals surface area contributed by atoms with Crippen LogP contribution in [0.25, 0.3) is 17.2 Å². The van der Waals surface area contributed by atoms with Crippen LogP contribution >= 0.6 is 0 Å². The third-order valence-electron chi connectivity index (χ3n) is 5.52. The second-order valence-corrected chi connectivity index (χ2v) is 7.68. The molecule has 0 aliphatic carbocycles. The lowest BCUT2D eigenvalue weighted by molar-refractivity contribution is 0.0672. The Labute approximate surface area is 177 Å². The van der Waals surface area contributed by atoms with Gasteiger partial charge >= 0.3 is 0 Å². The number of imidazole rings is 1. The van der Waals surface area contributed by atoms with E-state index in [0.717, 1.165) is 31.5 Å². The highest BCUT2D eigenvalue weighted by Gasteiger charge is 2.25. The molecule has 8 nitrogen and oxygen atoms in total. The summed E-state index contributed by atoms with van der Waals surface area (Å²) in [4.78, 5) is 35.9. The van der Waals surface area contributed by atoms with Crippen LogP contribution in [0.1, 0.15) is 28.9 Å². The van der Waals surface area contributed by atoms with Gasteiger partial charge in [-0.25, -0.2) is 29.3 Å². The number of rotatable bonds is 4. The predicted molar refractivity (Wildman–Crippen MR) is 111 cm³/mol. The maximum Gasteiger partial charge on any atom is 0.256 e. The molecule has 1 saturated heterocycles. The number of piperidine rings is 1. The number of aromatic nitrogens is 6. The normalized spacial score (nSPS) is 16.5. The molecule has 0 N–H and O–H groups in total. The van der Waals surface area contributed by atoms with Gasteiger partial charge in [0, 0.05) is 43.6 Å². The lowest BCUT2D eigenvalue weighted by Gasteiger charge is -2.32. The molecule has 0 bridgehead atoms. The maximum absolute atomic E-state index is 13.7. The molecular formula is C22H20FN7O. The van der Waals surface area contributed by atoms with Crippen LogP contribution in [0.15, 0.2) is 55.5 Å². The first kappa shape index (κ1) is 19.2. The predicted octanol–water partition coefficient (Wildman–Crippen LogP) is 2.82. The molecule has 0 unspecified atom stereocenters.